The number of rotatable bonds is 5. The third-order valence-corrected chi connectivity index (χ3v) is 5.03. The second-order valence-corrected chi connectivity index (χ2v) is 8.69. The molecule has 1 fully saturated rings. The Bertz CT molecular complexity index is 896. The fourth-order valence-corrected chi connectivity index (χ4v) is 3.46. The summed E-state index contributed by atoms with van der Waals surface area (Å²) in [4.78, 5) is 30.2. The van der Waals surface area contributed by atoms with E-state index in [1.807, 2.05) is 57.2 Å². The largest absolute Gasteiger partial charge is 0.473 e. The lowest BCUT2D eigenvalue weighted by molar-refractivity contribution is 0.0203. The molecule has 2 aromatic rings. The van der Waals surface area contributed by atoms with Gasteiger partial charge >= 0.3 is 6.09 Å². The molecule has 0 spiro atoms. The minimum absolute atomic E-state index is 0.0368. The number of amides is 1. The Morgan fingerprint density at radius 3 is 2.47 bits per heavy atom. The third-order valence-electron chi connectivity index (χ3n) is 5.03. The lowest BCUT2D eigenvalue weighted by Gasteiger charge is -2.33. The molecule has 1 aliphatic heterocycles. The molecule has 0 atom stereocenters. The highest BCUT2D eigenvalue weighted by molar-refractivity contribution is 5.94. The van der Waals surface area contributed by atoms with E-state index in [-0.39, 0.29) is 17.8 Å². The number of aromatic nitrogens is 1. The monoisotopic (exact) mass is 410 g/mol. The number of hydrogen-bond donors (Lipinski definition) is 0. The predicted molar refractivity (Wildman–Crippen MR) is 115 cm³/mol. The SMILES string of the molecule is CC(=O)c1cccc(COc2cccc(C3CCN(C(=O)OC(C)(C)C)CC3)n2)c1. The van der Waals surface area contributed by atoms with Crippen molar-refractivity contribution in [3.05, 3.63) is 59.3 Å². The fourth-order valence-electron chi connectivity index (χ4n) is 3.46. The zero-order chi connectivity index (χ0) is 21.7. The van der Waals surface area contributed by atoms with Crippen molar-refractivity contribution in [3.8, 4) is 5.88 Å². The van der Waals surface area contributed by atoms with Crippen molar-refractivity contribution < 1.29 is 19.1 Å². The molecule has 3 rings (SSSR count). The maximum absolute atomic E-state index is 12.2. The summed E-state index contributed by atoms with van der Waals surface area (Å²) in [5.74, 6) is 0.887. The van der Waals surface area contributed by atoms with Gasteiger partial charge in [-0.3, -0.25) is 4.79 Å². The molecule has 6 nitrogen and oxygen atoms in total. The van der Waals surface area contributed by atoms with Gasteiger partial charge in [0.1, 0.15) is 12.2 Å². The summed E-state index contributed by atoms with van der Waals surface area (Å²) in [5.41, 5.74) is 2.11. The molecule has 2 heterocycles. The van der Waals surface area contributed by atoms with E-state index in [0.717, 1.165) is 24.1 Å². The number of benzene rings is 1. The Kier molecular flexibility index (Phi) is 6.75. The van der Waals surface area contributed by atoms with Gasteiger partial charge in [-0.1, -0.05) is 24.3 Å². The van der Waals surface area contributed by atoms with Gasteiger partial charge < -0.3 is 14.4 Å². The van der Waals surface area contributed by atoms with Crippen LogP contribution >= 0.6 is 0 Å². The first-order valence-corrected chi connectivity index (χ1v) is 10.4. The van der Waals surface area contributed by atoms with Gasteiger partial charge in [0.05, 0.1) is 0 Å². The average Bonchev–Trinajstić information content (AvgIpc) is 2.71. The van der Waals surface area contributed by atoms with Crippen LogP contribution in [-0.2, 0) is 11.3 Å². The van der Waals surface area contributed by atoms with E-state index in [2.05, 4.69) is 4.98 Å². The summed E-state index contributed by atoms with van der Waals surface area (Å²) in [6.45, 7) is 8.86. The smallest absolute Gasteiger partial charge is 0.410 e. The molecule has 1 saturated heterocycles. The minimum Gasteiger partial charge on any atom is -0.473 e. The fraction of sp³-hybridized carbons (Fsp3) is 0.458. The molecule has 0 bridgehead atoms. The average molecular weight is 411 g/mol. The van der Waals surface area contributed by atoms with Crippen LogP contribution < -0.4 is 4.74 Å². The first-order valence-electron chi connectivity index (χ1n) is 10.4. The Balaban J connectivity index is 1.56. The topological polar surface area (TPSA) is 68.7 Å². The van der Waals surface area contributed by atoms with E-state index in [1.165, 1.54) is 0 Å². The highest BCUT2D eigenvalue weighted by atomic mass is 16.6. The number of likely N-dealkylation sites (tertiary alicyclic amines) is 1. The predicted octanol–water partition coefficient (Wildman–Crippen LogP) is 4.98. The van der Waals surface area contributed by atoms with Gasteiger partial charge in [0.25, 0.3) is 0 Å². The molecular weight excluding hydrogens is 380 g/mol. The quantitative estimate of drug-likeness (QED) is 0.651. The summed E-state index contributed by atoms with van der Waals surface area (Å²) in [7, 11) is 0. The summed E-state index contributed by atoms with van der Waals surface area (Å²) in [6.07, 6.45) is 1.44. The van der Waals surface area contributed by atoms with E-state index in [9.17, 15) is 9.59 Å². The molecule has 0 aliphatic carbocycles. The van der Waals surface area contributed by atoms with Crippen LogP contribution in [-0.4, -0.2) is 40.5 Å². The second-order valence-electron chi connectivity index (χ2n) is 8.69. The number of ketones is 1. The van der Waals surface area contributed by atoms with Crippen molar-refractivity contribution in [1.82, 2.24) is 9.88 Å². The van der Waals surface area contributed by atoms with Gasteiger partial charge in [-0.2, -0.15) is 0 Å². The molecule has 6 heteroatoms. The Morgan fingerprint density at radius 1 is 1.10 bits per heavy atom. The molecular formula is C24H30N2O4. The van der Waals surface area contributed by atoms with Crippen LogP contribution in [0.4, 0.5) is 4.79 Å². The standard InChI is InChI=1S/C24H30N2O4/c1-17(27)20-8-5-7-18(15-20)16-29-22-10-6-9-21(25-22)19-11-13-26(14-12-19)23(28)30-24(2,3)4/h5-10,15,19H,11-14,16H2,1-4H3. The van der Waals surface area contributed by atoms with Crippen molar-refractivity contribution in [2.45, 2.75) is 58.7 Å². The lowest BCUT2D eigenvalue weighted by Crippen LogP contribution is -2.41. The summed E-state index contributed by atoms with van der Waals surface area (Å²) in [5, 5.41) is 0. The normalized spacial score (nSPS) is 15.0. The van der Waals surface area contributed by atoms with Gasteiger partial charge in [-0.15, -0.1) is 0 Å². The zero-order valence-electron chi connectivity index (χ0n) is 18.2. The van der Waals surface area contributed by atoms with E-state index in [4.69, 9.17) is 9.47 Å². The number of ether oxygens (including phenoxy) is 2. The molecule has 30 heavy (non-hydrogen) atoms. The number of carbonyl (C=O) groups is 2. The first kappa shape index (κ1) is 21.8. The van der Waals surface area contributed by atoms with Crippen molar-refractivity contribution >= 4 is 11.9 Å². The van der Waals surface area contributed by atoms with Crippen molar-refractivity contribution in [3.63, 3.8) is 0 Å². The molecule has 0 radical (unpaired) electrons. The number of carbonyl (C=O) groups excluding carboxylic acids is 2. The molecule has 0 unspecified atom stereocenters. The van der Waals surface area contributed by atoms with Gasteiger partial charge in [-0.25, -0.2) is 9.78 Å². The second kappa shape index (κ2) is 9.28. The lowest BCUT2D eigenvalue weighted by atomic mass is 9.93. The first-order chi connectivity index (χ1) is 14.2. The van der Waals surface area contributed by atoms with E-state index >= 15 is 0 Å². The maximum Gasteiger partial charge on any atom is 0.410 e. The molecule has 160 valence electrons. The maximum atomic E-state index is 12.2. The van der Waals surface area contributed by atoms with Gasteiger partial charge in [0.2, 0.25) is 5.88 Å². The minimum atomic E-state index is -0.481. The van der Waals surface area contributed by atoms with Crippen molar-refractivity contribution in [1.29, 1.82) is 0 Å². The zero-order valence-corrected chi connectivity index (χ0v) is 18.2. The summed E-state index contributed by atoms with van der Waals surface area (Å²) in [6, 6.07) is 13.2. The third kappa shape index (κ3) is 6.05. The van der Waals surface area contributed by atoms with Crippen LogP contribution in [0, 0.1) is 0 Å². The molecule has 1 aromatic carbocycles. The van der Waals surface area contributed by atoms with Crippen molar-refractivity contribution in [2.75, 3.05) is 13.1 Å². The van der Waals surface area contributed by atoms with Crippen LogP contribution in [0.25, 0.3) is 0 Å². The van der Waals surface area contributed by atoms with Crippen LogP contribution in [0.3, 0.4) is 0 Å². The summed E-state index contributed by atoms with van der Waals surface area (Å²) < 4.78 is 11.3. The number of pyridine rings is 1. The van der Waals surface area contributed by atoms with Crippen LogP contribution in [0.1, 0.15) is 68.1 Å². The highest BCUT2D eigenvalue weighted by Gasteiger charge is 2.28. The molecule has 0 N–H and O–H groups in total. The number of Topliss-reactive ketones (excluding diaryl/α,β-unsaturated/α-hetero) is 1. The molecule has 1 amide bonds. The molecule has 1 aliphatic rings. The van der Waals surface area contributed by atoms with Crippen LogP contribution in [0.15, 0.2) is 42.5 Å². The Morgan fingerprint density at radius 2 is 1.80 bits per heavy atom. The molecule has 1 aromatic heterocycles. The number of nitrogens with zero attached hydrogens (tertiary/aromatic N) is 2. The highest BCUT2D eigenvalue weighted by Crippen LogP contribution is 2.28. The van der Waals surface area contributed by atoms with Crippen molar-refractivity contribution in [2.24, 2.45) is 0 Å². The number of hydrogen-bond acceptors (Lipinski definition) is 5. The number of piperidine rings is 1. The Labute approximate surface area is 178 Å². The Hall–Kier alpha value is -2.89. The van der Waals surface area contributed by atoms with Gasteiger partial charge in [0.15, 0.2) is 5.78 Å². The van der Waals surface area contributed by atoms with Gasteiger partial charge in [-0.05, 0) is 58.2 Å². The van der Waals surface area contributed by atoms with Crippen LogP contribution in [0.5, 0.6) is 5.88 Å². The molecule has 0 saturated carbocycles. The van der Waals surface area contributed by atoms with E-state index < -0.39 is 5.60 Å². The van der Waals surface area contributed by atoms with E-state index in [0.29, 0.717) is 31.1 Å². The van der Waals surface area contributed by atoms with E-state index in [1.54, 1.807) is 17.9 Å². The van der Waals surface area contributed by atoms with Gasteiger partial charge in [0, 0.05) is 36.3 Å². The summed E-state index contributed by atoms with van der Waals surface area (Å²) >= 11 is 0. The van der Waals surface area contributed by atoms with Crippen LogP contribution in [0.2, 0.25) is 0 Å².